The Labute approximate surface area is 134 Å². The Kier molecular flexibility index (Phi) is 15.8. The zero-order valence-corrected chi connectivity index (χ0v) is 14.3. The Morgan fingerprint density at radius 2 is 1.33 bits per heavy atom. The maximum atomic E-state index is 10.8. The quantitative estimate of drug-likeness (QED) is 0.317. The van der Waals surface area contributed by atoms with Crippen LogP contribution < -0.4 is 0 Å². The first-order valence-corrected chi connectivity index (χ1v) is 8.60. The van der Waals surface area contributed by atoms with Crippen molar-refractivity contribution in [1.29, 1.82) is 0 Å². The van der Waals surface area contributed by atoms with Gasteiger partial charge in [-0.25, -0.2) is 4.79 Å². The molecule has 0 aliphatic rings. The summed E-state index contributed by atoms with van der Waals surface area (Å²) in [5.41, 5.74) is -0.802. The second kappa shape index (κ2) is 16.1. The highest BCUT2D eigenvalue weighted by molar-refractivity contribution is 6.61. The third-order valence-corrected chi connectivity index (χ3v) is 3.24. The number of hydrogen-bond acceptors (Lipinski definition) is 4. The fourth-order valence-corrected chi connectivity index (χ4v) is 2.06. The molecule has 0 bridgehead atoms. The van der Waals surface area contributed by atoms with Crippen molar-refractivity contribution in [2.75, 3.05) is 26.4 Å². The van der Waals surface area contributed by atoms with Crippen molar-refractivity contribution < 1.29 is 19.0 Å². The van der Waals surface area contributed by atoms with Gasteiger partial charge in [0.2, 0.25) is 0 Å². The SMILES string of the molecule is CCCCCCOCC(COCCCCCC)OC(=O)Cl. The first kappa shape index (κ1) is 20.7. The van der Waals surface area contributed by atoms with Crippen LogP contribution in [0.5, 0.6) is 0 Å². The average Bonchev–Trinajstić information content (AvgIpc) is 2.45. The predicted molar refractivity (Wildman–Crippen MR) is 86.0 cm³/mol. The maximum Gasteiger partial charge on any atom is 0.404 e. The molecule has 0 saturated carbocycles. The molecule has 0 aliphatic carbocycles. The molecule has 0 atom stereocenters. The zero-order chi connectivity index (χ0) is 15.8. The summed E-state index contributed by atoms with van der Waals surface area (Å²) < 4.78 is 16.0. The molecular formula is C16H31ClO4. The minimum atomic E-state index is -0.802. The third-order valence-electron chi connectivity index (χ3n) is 3.15. The minimum Gasteiger partial charge on any atom is -0.445 e. The van der Waals surface area contributed by atoms with Crippen molar-refractivity contribution in [1.82, 2.24) is 0 Å². The Bertz CT molecular complexity index is 220. The Morgan fingerprint density at radius 3 is 1.71 bits per heavy atom. The number of hydrogen-bond donors (Lipinski definition) is 0. The summed E-state index contributed by atoms with van der Waals surface area (Å²) in [6.45, 7) is 6.42. The molecule has 0 unspecified atom stereocenters. The van der Waals surface area contributed by atoms with Crippen molar-refractivity contribution in [3.8, 4) is 0 Å². The van der Waals surface area contributed by atoms with E-state index in [1.54, 1.807) is 0 Å². The lowest BCUT2D eigenvalue weighted by atomic mass is 10.2. The summed E-state index contributed by atoms with van der Waals surface area (Å²) in [7, 11) is 0. The van der Waals surface area contributed by atoms with Gasteiger partial charge in [-0.2, -0.15) is 0 Å². The van der Waals surface area contributed by atoms with Crippen molar-refractivity contribution in [2.45, 2.75) is 71.3 Å². The molecule has 0 aromatic carbocycles. The van der Waals surface area contributed by atoms with Gasteiger partial charge >= 0.3 is 5.43 Å². The molecule has 0 rings (SSSR count). The summed E-state index contributed by atoms with van der Waals surface area (Å²) in [6.07, 6.45) is 8.87. The van der Waals surface area contributed by atoms with Gasteiger partial charge in [0.1, 0.15) is 6.10 Å². The monoisotopic (exact) mass is 322 g/mol. The summed E-state index contributed by atoms with van der Waals surface area (Å²) in [5, 5.41) is 0. The highest BCUT2D eigenvalue weighted by Gasteiger charge is 2.13. The number of rotatable bonds is 15. The lowest BCUT2D eigenvalue weighted by Crippen LogP contribution is -2.27. The van der Waals surface area contributed by atoms with Crippen LogP contribution in [0.4, 0.5) is 4.79 Å². The van der Waals surface area contributed by atoms with Crippen LogP contribution in [0.15, 0.2) is 0 Å². The molecule has 0 N–H and O–H groups in total. The summed E-state index contributed by atoms with van der Waals surface area (Å²) in [5.74, 6) is 0. The maximum absolute atomic E-state index is 10.8. The number of carbonyl (C=O) groups excluding carboxylic acids is 1. The van der Waals surface area contributed by atoms with E-state index in [0.29, 0.717) is 26.4 Å². The first-order valence-electron chi connectivity index (χ1n) is 8.22. The minimum absolute atomic E-state index is 0.347. The van der Waals surface area contributed by atoms with Crippen LogP contribution in [-0.2, 0) is 14.2 Å². The first-order chi connectivity index (χ1) is 10.2. The molecule has 0 aromatic heterocycles. The Balaban J connectivity index is 3.64. The van der Waals surface area contributed by atoms with Crippen molar-refractivity contribution in [3.63, 3.8) is 0 Å². The van der Waals surface area contributed by atoms with Gasteiger partial charge in [-0.15, -0.1) is 0 Å². The van der Waals surface area contributed by atoms with Gasteiger partial charge in [-0.05, 0) is 12.8 Å². The van der Waals surface area contributed by atoms with E-state index >= 15 is 0 Å². The molecule has 0 radical (unpaired) electrons. The average molecular weight is 323 g/mol. The van der Waals surface area contributed by atoms with Crippen LogP contribution in [0.25, 0.3) is 0 Å². The molecule has 0 aromatic rings. The van der Waals surface area contributed by atoms with E-state index in [0.717, 1.165) is 12.8 Å². The molecule has 0 amide bonds. The summed E-state index contributed by atoms with van der Waals surface area (Å²) in [4.78, 5) is 10.8. The molecule has 5 heteroatoms. The van der Waals surface area contributed by atoms with Gasteiger partial charge in [-0.1, -0.05) is 52.4 Å². The topological polar surface area (TPSA) is 44.8 Å². The zero-order valence-electron chi connectivity index (χ0n) is 13.6. The molecule has 4 nitrogen and oxygen atoms in total. The van der Waals surface area contributed by atoms with Crippen LogP contribution in [0, 0.1) is 0 Å². The number of halogens is 1. The van der Waals surface area contributed by atoms with Gasteiger partial charge in [0, 0.05) is 24.8 Å². The summed E-state index contributed by atoms with van der Waals surface area (Å²) in [6, 6.07) is 0. The number of carbonyl (C=O) groups is 1. The third kappa shape index (κ3) is 15.9. The van der Waals surface area contributed by atoms with Gasteiger partial charge in [0.05, 0.1) is 13.2 Å². The van der Waals surface area contributed by atoms with Gasteiger partial charge < -0.3 is 14.2 Å². The van der Waals surface area contributed by atoms with Gasteiger partial charge in [0.15, 0.2) is 0 Å². The van der Waals surface area contributed by atoms with E-state index in [1.165, 1.54) is 38.5 Å². The van der Waals surface area contributed by atoms with Crippen LogP contribution in [0.2, 0.25) is 0 Å². The van der Waals surface area contributed by atoms with E-state index < -0.39 is 11.5 Å². The summed E-state index contributed by atoms with van der Waals surface area (Å²) >= 11 is 5.26. The molecule has 0 spiro atoms. The standard InChI is InChI=1S/C16H31ClO4/c1-3-5-7-9-11-19-13-15(21-16(17)18)14-20-12-10-8-6-4-2/h15H,3-14H2,1-2H3. The highest BCUT2D eigenvalue weighted by atomic mass is 35.5. The van der Waals surface area contributed by atoms with Gasteiger partial charge in [0.25, 0.3) is 0 Å². The molecule has 21 heavy (non-hydrogen) atoms. The second-order valence-electron chi connectivity index (χ2n) is 5.25. The Hall–Kier alpha value is -0.320. The number of ether oxygens (including phenoxy) is 3. The van der Waals surface area contributed by atoms with E-state index in [-0.39, 0.29) is 0 Å². The van der Waals surface area contributed by atoms with E-state index in [4.69, 9.17) is 25.8 Å². The van der Waals surface area contributed by atoms with Gasteiger partial charge in [-0.3, -0.25) is 0 Å². The lowest BCUT2D eigenvalue weighted by molar-refractivity contribution is -0.0226. The van der Waals surface area contributed by atoms with Crippen LogP contribution in [0.3, 0.4) is 0 Å². The van der Waals surface area contributed by atoms with E-state index in [2.05, 4.69) is 13.8 Å². The number of unbranched alkanes of at least 4 members (excludes halogenated alkanes) is 6. The molecule has 0 heterocycles. The molecule has 0 saturated heterocycles. The van der Waals surface area contributed by atoms with Crippen LogP contribution in [0.1, 0.15) is 65.2 Å². The van der Waals surface area contributed by atoms with Crippen molar-refractivity contribution >= 4 is 17.0 Å². The second-order valence-corrected chi connectivity index (χ2v) is 5.56. The Morgan fingerprint density at radius 1 is 0.857 bits per heavy atom. The normalized spacial score (nSPS) is 11.0. The smallest absolute Gasteiger partial charge is 0.404 e. The fourth-order valence-electron chi connectivity index (χ4n) is 1.94. The highest BCUT2D eigenvalue weighted by Crippen LogP contribution is 2.04. The van der Waals surface area contributed by atoms with Crippen molar-refractivity contribution in [3.05, 3.63) is 0 Å². The molecular weight excluding hydrogens is 292 g/mol. The van der Waals surface area contributed by atoms with E-state index in [9.17, 15) is 4.79 Å². The van der Waals surface area contributed by atoms with Crippen molar-refractivity contribution in [2.24, 2.45) is 0 Å². The fraction of sp³-hybridized carbons (Fsp3) is 0.938. The van der Waals surface area contributed by atoms with Crippen LogP contribution >= 0.6 is 11.6 Å². The molecule has 0 aliphatic heterocycles. The largest absolute Gasteiger partial charge is 0.445 e. The van der Waals surface area contributed by atoms with E-state index in [1.807, 2.05) is 0 Å². The predicted octanol–water partition coefficient (Wildman–Crippen LogP) is 4.92. The lowest BCUT2D eigenvalue weighted by Gasteiger charge is -2.16. The molecule has 126 valence electrons. The van der Waals surface area contributed by atoms with Crippen LogP contribution in [-0.4, -0.2) is 38.0 Å². The molecule has 0 fully saturated rings.